The van der Waals surface area contributed by atoms with Crippen LogP contribution in [0.2, 0.25) is 0 Å². The highest BCUT2D eigenvalue weighted by molar-refractivity contribution is 6.11. The van der Waals surface area contributed by atoms with Crippen LogP contribution in [0, 0.1) is 6.92 Å². The van der Waals surface area contributed by atoms with E-state index in [4.69, 9.17) is 0 Å². The lowest BCUT2D eigenvalue weighted by Gasteiger charge is -2.08. The molecule has 0 saturated carbocycles. The average molecular weight is 263 g/mol. The largest absolute Gasteiger partial charge is 0.320 e. The SMILES string of the molecule is Cc1cnccc1NC(=O)c1nccc2ccccc12. The fourth-order valence-electron chi connectivity index (χ4n) is 2.10. The first-order valence-corrected chi connectivity index (χ1v) is 6.31. The van der Waals surface area contributed by atoms with Crippen molar-refractivity contribution in [1.29, 1.82) is 0 Å². The number of amides is 1. The van der Waals surface area contributed by atoms with Crippen molar-refractivity contribution in [1.82, 2.24) is 9.97 Å². The lowest BCUT2D eigenvalue weighted by atomic mass is 10.1. The Morgan fingerprint density at radius 1 is 1.10 bits per heavy atom. The third-order valence-corrected chi connectivity index (χ3v) is 3.16. The van der Waals surface area contributed by atoms with Crippen LogP contribution in [0.25, 0.3) is 10.8 Å². The smallest absolute Gasteiger partial charge is 0.274 e. The number of aryl methyl sites for hydroxylation is 1. The van der Waals surface area contributed by atoms with Crippen molar-refractivity contribution >= 4 is 22.4 Å². The van der Waals surface area contributed by atoms with E-state index in [1.54, 1.807) is 24.7 Å². The Bertz CT molecular complexity index is 778. The summed E-state index contributed by atoms with van der Waals surface area (Å²) < 4.78 is 0. The van der Waals surface area contributed by atoms with Crippen molar-refractivity contribution in [3.05, 3.63) is 66.2 Å². The van der Waals surface area contributed by atoms with Gasteiger partial charge in [0.05, 0.1) is 0 Å². The minimum Gasteiger partial charge on any atom is -0.320 e. The Hall–Kier alpha value is -2.75. The van der Waals surface area contributed by atoms with E-state index in [0.717, 1.165) is 22.0 Å². The zero-order valence-corrected chi connectivity index (χ0v) is 11.0. The first kappa shape index (κ1) is 12.3. The van der Waals surface area contributed by atoms with E-state index in [1.807, 2.05) is 37.3 Å². The maximum atomic E-state index is 12.4. The van der Waals surface area contributed by atoms with Gasteiger partial charge in [-0.3, -0.25) is 14.8 Å². The van der Waals surface area contributed by atoms with Gasteiger partial charge in [0.15, 0.2) is 0 Å². The molecule has 0 atom stereocenters. The molecule has 0 unspecified atom stereocenters. The average Bonchev–Trinajstić information content (AvgIpc) is 2.49. The molecule has 1 amide bonds. The number of carbonyl (C=O) groups is 1. The first-order valence-electron chi connectivity index (χ1n) is 6.31. The minimum atomic E-state index is -0.212. The number of benzene rings is 1. The molecule has 0 aliphatic heterocycles. The molecule has 1 N–H and O–H groups in total. The zero-order chi connectivity index (χ0) is 13.9. The van der Waals surface area contributed by atoms with Crippen LogP contribution in [0.15, 0.2) is 55.0 Å². The molecule has 0 spiro atoms. The van der Waals surface area contributed by atoms with Gasteiger partial charge in [-0.1, -0.05) is 24.3 Å². The van der Waals surface area contributed by atoms with Crippen molar-refractivity contribution in [2.75, 3.05) is 5.32 Å². The van der Waals surface area contributed by atoms with Crippen LogP contribution in [0.5, 0.6) is 0 Å². The summed E-state index contributed by atoms with van der Waals surface area (Å²) in [7, 11) is 0. The molecule has 1 aromatic carbocycles. The molecule has 0 saturated heterocycles. The van der Waals surface area contributed by atoms with Crippen LogP contribution in [0.4, 0.5) is 5.69 Å². The number of hydrogen-bond donors (Lipinski definition) is 1. The van der Waals surface area contributed by atoms with Crippen molar-refractivity contribution < 1.29 is 4.79 Å². The summed E-state index contributed by atoms with van der Waals surface area (Å²) >= 11 is 0. The quantitative estimate of drug-likeness (QED) is 0.772. The Kier molecular flexibility index (Phi) is 3.13. The number of fused-ring (bicyclic) bond motifs is 1. The zero-order valence-electron chi connectivity index (χ0n) is 11.0. The molecular weight excluding hydrogens is 250 g/mol. The van der Waals surface area contributed by atoms with E-state index in [-0.39, 0.29) is 5.91 Å². The Morgan fingerprint density at radius 3 is 2.80 bits per heavy atom. The third kappa shape index (κ3) is 2.23. The fourth-order valence-corrected chi connectivity index (χ4v) is 2.10. The van der Waals surface area contributed by atoms with Gasteiger partial charge in [0.1, 0.15) is 5.69 Å². The maximum absolute atomic E-state index is 12.4. The number of rotatable bonds is 2. The summed E-state index contributed by atoms with van der Waals surface area (Å²) in [6, 6.07) is 11.4. The summed E-state index contributed by atoms with van der Waals surface area (Å²) in [5, 5.41) is 4.72. The van der Waals surface area contributed by atoms with Gasteiger partial charge in [-0.05, 0) is 30.0 Å². The van der Waals surface area contributed by atoms with Crippen LogP contribution in [-0.2, 0) is 0 Å². The normalized spacial score (nSPS) is 10.4. The summed E-state index contributed by atoms with van der Waals surface area (Å²) in [6.07, 6.45) is 5.02. The molecule has 3 rings (SSSR count). The fraction of sp³-hybridized carbons (Fsp3) is 0.0625. The van der Waals surface area contributed by atoms with E-state index in [2.05, 4.69) is 15.3 Å². The number of hydrogen-bond acceptors (Lipinski definition) is 3. The maximum Gasteiger partial charge on any atom is 0.274 e. The lowest BCUT2D eigenvalue weighted by molar-refractivity contribution is 0.102. The van der Waals surface area contributed by atoms with Crippen LogP contribution in [0.1, 0.15) is 16.1 Å². The van der Waals surface area contributed by atoms with E-state index < -0.39 is 0 Å². The summed E-state index contributed by atoms with van der Waals surface area (Å²) in [5.74, 6) is -0.212. The molecule has 20 heavy (non-hydrogen) atoms. The van der Waals surface area contributed by atoms with Crippen molar-refractivity contribution in [3.8, 4) is 0 Å². The summed E-state index contributed by atoms with van der Waals surface area (Å²) in [4.78, 5) is 20.6. The second-order valence-electron chi connectivity index (χ2n) is 4.53. The van der Waals surface area contributed by atoms with E-state index in [9.17, 15) is 4.79 Å². The van der Waals surface area contributed by atoms with Gasteiger partial charge < -0.3 is 5.32 Å². The predicted molar refractivity (Wildman–Crippen MR) is 78.7 cm³/mol. The number of nitrogens with zero attached hydrogens (tertiary/aromatic N) is 2. The van der Waals surface area contributed by atoms with Gasteiger partial charge in [-0.25, -0.2) is 0 Å². The standard InChI is InChI=1S/C16H13N3O/c1-11-10-17-8-7-14(11)19-16(20)15-13-5-3-2-4-12(13)6-9-18-15/h2-10H,1H3,(H,17,19,20). The lowest BCUT2D eigenvalue weighted by Crippen LogP contribution is -2.14. The molecule has 0 bridgehead atoms. The van der Waals surface area contributed by atoms with Crippen molar-refractivity contribution in [3.63, 3.8) is 0 Å². The molecule has 3 aromatic rings. The topological polar surface area (TPSA) is 54.9 Å². The molecule has 4 heteroatoms. The Morgan fingerprint density at radius 2 is 1.95 bits per heavy atom. The third-order valence-electron chi connectivity index (χ3n) is 3.16. The Labute approximate surface area is 116 Å². The summed E-state index contributed by atoms with van der Waals surface area (Å²) in [6.45, 7) is 1.90. The molecule has 0 aliphatic rings. The van der Waals surface area contributed by atoms with E-state index in [1.165, 1.54) is 0 Å². The highest BCUT2D eigenvalue weighted by atomic mass is 16.1. The second-order valence-corrected chi connectivity index (χ2v) is 4.53. The molecule has 0 fully saturated rings. The van der Waals surface area contributed by atoms with Gasteiger partial charge in [-0.15, -0.1) is 0 Å². The highest BCUT2D eigenvalue weighted by Gasteiger charge is 2.12. The molecule has 4 nitrogen and oxygen atoms in total. The molecule has 2 heterocycles. The molecular formula is C16H13N3O. The van der Waals surface area contributed by atoms with Gasteiger partial charge >= 0.3 is 0 Å². The highest BCUT2D eigenvalue weighted by Crippen LogP contribution is 2.18. The van der Waals surface area contributed by atoms with Crippen LogP contribution in [0.3, 0.4) is 0 Å². The predicted octanol–water partition coefficient (Wildman–Crippen LogP) is 3.19. The van der Waals surface area contributed by atoms with Crippen LogP contribution in [-0.4, -0.2) is 15.9 Å². The molecule has 2 aromatic heterocycles. The van der Waals surface area contributed by atoms with Gasteiger partial charge in [0, 0.05) is 29.7 Å². The van der Waals surface area contributed by atoms with Gasteiger partial charge in [0.2, 0.25) is 0 Å². The number of nitrogens with one attached hydrogen (secondary N) is 1. The van der Waals surface area contributed by atoms with Crippen LogP contribution >= 0.6 is 0 Å². The second kappa shape index (κ2) is 5.09. The van der Waals surface area contributed by atoms with Gasteiger partial charge in [0.25, 0.3) is 5.91 Å². The van der Waals surface area contributed by atoms with E-state index >= 15 is 0 Å². The van der Waals surface area contributed by atoms with Gasteiger partial charge in [-0.2, -0.15) is 0 Å². The van der Waals surface area contributed by atoms with Crippen LogP contribution < -0.4 is 5.32 Å². The number of anilines is 1. The first-order chi connectivity index (χ1) is 9.75. The number of carbonyl (C=O) groups excluding carboxylic acids is 1. The van der Waals surface area contributed by atoms with E-state index in [0.29, 0.717) is 5.69 Å². The molecule has 98 valence electrons. The number of aromatic nitrogens is 2. The number of pyridine rings is 2. The minimum absolute atomic E-state index is 0.212. The monoisotopic (exact) mass is 263 g/mol. The van der Waals surface area contributed by atoms with Crippen molar-refractivity contribution in [2.45, 2.75) is 6.92 Å². The molecule has 0 aliphatic carbocycles. The summed E-state index contributed by atoms with van der Waals surface area (Å²) in [5.41, 5.74) is 2.10. The van der Waals surface area contributed by atoms with Crippen molar-refractivity contribution in [2.24, 2.45) is 0 Å². The molecule has 0 radical (unpaired) electrons. The Balaban J connectivity index is 1.99.